The molecule has 1 atom stereocenters. The molecular weight excluding hydrogens is 398 g/mol. The Balaban J connectivity index is 2.00. The van der Waals surface area contributed by atoms with Gasteiger partial charge < -0.3 is 5.11 Å². The first-order valence-corrected chi connectivity index (χ1v) is 9.75. The Morgan fingerprint density at radius 1 is 1.28 bits per heavy atom. The SMILES string of the molecule is CC1CC(=Cc2ccc(Br)s2)c2nc3ccccc3c(C(=O)O)c2C1. The average Bonchev–Trinajstić information content (AvgIpc) is 2.97. The van der Waals surface area contributed by atoms with E-state index < -0.39 is 5.97 Å². The Morgan fingerprint density at radius 2 is 2.08 bits per heavy atom. The van der Waals surface area contributed by atoms with E-state index in [0.717, 1.165) is 49.2 Å². The number of aromatic carboxylic acids is 1. The van der Waals surface area contributed by atoms with Crippen molar-refractivity contribution in [3.63, 3.8) is 0 Å². The molecule has 2 aromatic heterocycles. The van der Waals surface area contributed by atoms with E-state index in [1.165, 1.54) is 0 Å². The number of hydrogen-bond donors (Lipinski definition) is 1. The van der Waals surface area contributed by atoms with Gasteiger partial charge in [0.05, 0.1) is 20.6 Å². The van der Waals surface area contributed by atoms with Gasteiger partial charge in [0.1, 0.15) is 0 Å². The molecule has 0 saturated carbocycles. The normalized spacial score (nSPS) is 18.5. The maximum atomic E-state index is 12.0. The van der Waals surface area contributed by atoms with E-state index in [2.05, 4.69) is 35.0 Å². The topological polar surface area (TPSA) is 50.2 Å². The van der Waals surface area contributed by atoms with Crippen LogP contribution in [0, 0.1) is 5.92 Å². The van der Waals surface area contributed by atoms with Crippen molar-refractivity contribution in [2.24, 2.45) is 5.92 Å². The second-order valence-corrected chi connectivity index (χ2v) is 8.96. The summed E-state index contributed by atoms with van der Waals surface area (Å²) in [5.41, 5.74) is 3.98. The number of nitrogens with zero attached hydrogens (tertiary/aromatic N) is 1. The number of benzene rings is 1. The first-order valence-electron chi connectivity index (χ1n) is 8.14. The van der Waals surface area contributed by atoms with E-state index in [-0.39, 0.29) is 0 Å². The van der Waals surface area contributed by atoms with Crippen LogP contribution in [0.1, 0.15) is 39.8 Å². The largest absolute Gasteiger partial charge is 0.478 e. The Labute approximate surface area is 158 Å². The van der Waals surface area contributed by atoms with Crippen LogP contribution in [0.2, 0.25) is 0 Å². The molecule has 0 bridgehead atoms. The van der Waals surface area contributed by atoms with E-state index in [9.17, 15) is 9.90 Å². The highest BCUT2D eigenvalue weighted by Gasteiger charge is 2.27. The fraction of sp³-hybridized carbons (Fsp3) is 0.200. The number of para-hydroxylation sites is 1. The molecule has 0 aliphatic heterocycles. The molecule has 1 unspecified atom stereocenters. The summed E-state index contributed by atoms with van der Waals surface area (Å²) in [6.07, 6.45) is 3.81. The summed E-state index contributed by atoms with van der Waals surface area (Å²) in [4.78, 5) is 18.0. The minimum absolute atomic E-state index is 0.392. The summed E-state index contributed by atoms with van der Waals surface area (Å²) in [5.74, 6) is -0.481. The van der Waals surface area contributed by atoms with Crippen LogP contribution in [-0.4, -0.2) is 16.1 Å². The second kappa shape index (κ2) is 6.39. The number of thiophene rings is 1. The lowest BCUT2D eigenvalue weighted by molar-refractivity contribution is 0.0697. The van der Waals surface area contributed by atoms with Gasteiger partial charge in [0.2, 0.25) is 0 Å². The summed E-state index contributed by atoms with van der Waals surface area (Å²) in [6, 6.07) is 11.6. The average molecular weight is 414 g/mol. The highest BCUT2D eigenvalue weighted by molar-refractivity contribution is 9.11. The molecular formula is C20H16BrNO2S. The molecule has 4 rings (SSSR count). The molecule has 0 spiro atoms. The molecule has 1 N–H and O–H groups in total. The van der Waals surface area contributed by atoms with E-state index in [1.807, 2.05) is 30.3 Å². The molecule has 25 heavy (non-hydrogen) atoms. The molecule has 1 aliphatic rings. The summed E-state index contributed by atoms with van der Waals surface area (Å²) >= 11 is 5.17. The number of carboxylic acids is 1. The van der Waals surface area contributed by atoms with Crippen LogP contribution < -0.4 is 0 Å². The number of halogens is 1. The Morgan fingerprint density at radius 3 is 2.80 bits per heavy atom. The smallest absolute Gasteiger partial charge is 0.336 e. The monoisotopic (exact) mass is 413 g/mol. The second-order valence-electron chi connectivity index (χ2n) is 6.46. The number of fused-ring (bicyclic) bond motifs is 2. The molecule has 3 nitrogen and oxygen atoms in total. The first kappa shape index (κ1) is 16.5. The van der Waals surface area contributed by atoms with Crippen molar-refractivity contribution < 1.29 is 9.90 Å². The van der Waals surface area contributed by atoms with Gasteiger partial charge in [-0.25, -0.2) is 9.78 Å². The predicted molar refractivity (Wildman–Crippen MR) is 106 cm³/mol. The minimum atomic E-state index is -0.873. The van der Waals surface area contributed by atoms with Gasteiger partial charge in [0.25, 0.3) is 0 Å². The number of carbonyl (C=O) groups is 1. The fourth-order valence-corrected chi connectivity index (χ4v) is 4.95. The third-order valence-electron chi connectivity index (χ3n) is 4.54. The van der Waals surface area contributed by atoms with Crippen LogP contribution in [0.5, 0.6) is 0 Å². The number of pyridine rings is 1. The summed E-state index contributed by atoms with van der Waals surface area (Å²) in [6.45, 7) is 2.17. The molecule has 0 radical (unpaired) electrons. The van der Waals surface area contributed by atoms with Crippen molar-refractivity contribution in [1.29, 1.82) is 0 Å². The Kier molecular flexibility index (Phi) is 4.21. The van der Waals surface area contributed by atoms with Gasteiger partial charge in [0.15, 0.2) is 0 Å². The Bertz CT molecular complexity index is 1020. The zero-order valence-electron chi connectivity index (χ0n) is 13.6. The van der Waals surface area contributed by atoms with Gasteiger partial charge in [-0.15, -0.1) is 11.3 Å². The molecule has 1 aliphatic carbocycles. The number of hydrogen-bond acceptors (Lipinski definition) is 3. The van der Waals surface area contributed by atoms with Gasteiger partial charge in [-0.1, -0.05) is 25.1 Å². The molecule has 0 amide bonds. The van der Waals surface area contributed by atoms with Crippen LogP contribution in [0.15, 0.2) is 40.2 Å². The van der Waals surface area contributed by atoms with Crippen molar-refractivity contribution in [3.05, 3.63) is 61.9 Å². The zero-order chi connectivity index (χ0) is 17.6. The molecule has 5 heteroatoms. The van der Waals surface area contributed by atoms with E-state index in [1.54, 1.807) is 11.3 Å². The van der Waals surface area contributed by atoms with Crippen molar-refractivity contribution in [2.75, 3.05) is 0 Å². The molecule has 2 heterocycles. The van der Waals surface area contributed by atoms with Crippen molar-refractivity contribution >= 4 is 55.8 Å². The molecule has 0 saturated heterocycles. The number of carboxylic acid groups (broad SMARTS) is 1. The van der Waals surface area contributed by atoms with Crippen LogP contribution in [0.25, 0.3) is 22.6 Å². The third-order valence-corrected chi connectivity index (χ3v) is 6.11. The molecule has 126 valence electrons. The van der Waals surface area contributed by atoms with Gasteiger partial charge in [-0.2, -0.15) is 0 Å². The van der Waals surface area contributed by atoms with Gasteiger partial charge in [-0.05, 0) is 70.1 Å². The quantitative estimate of drug-likeness (QED) is 0.570. The highest BCUT2D eigenvalue weighted by atomic mass is 79.9. The molecule has 1 aromatic carbocycles. The molecule has 3 aromatic rings. The van der Waals surface area contributed by atoms with Crippen molar-refractivity contribution in [1.82, 2.24) is 4.98 Å². The number of aromatic nitrogens is 1. The zero-order valence-corrected chi connectivity index (χ0v) is 16.0. The first-order chi connectivity index (χ1) is 12.0. The van der Waals surface area contributed by atoms with E-state index >= 15 is 0 Å². The lowest BCUT2D eigenvalue weighted by Gasteiger charge is -2.26. The third kappa shape index (κ3) is 3.02. The maximum Gasteiger partial charge on any atom is 0.336 e. The summed E-state index contributed by atoms with van der Waals surface area (Å²) < 4.78 is 1.08. The van der Waals surface area contributed by atoms with Crippen molar-refractivity contribution in [3.8, 4) is 0 Å². The van der Waals surface area contributed by atoms with Gasteiger partial charge in [-0.3, -0.25) is 0 Å². The van der Waals surface area contributed by atoms with Gasteiger partial charge in [0, 0.05) is 10.3 Å². The van der Waals surface area contributed by atoms with Crippen molar-refractivity contribution in [2.45, 2.75) is 19.8 Å². The van der Waals surface area contributed by atoms with Crippen LogP contribution in [0.3, 0.4) is 0 Å². The van der Waals surface area contributed by atoms with E-state index in [0.29, 0.717) is 11.5 Å². The standard InChI is InChI=1S/C20H16BrNO2S/c1-11-8-12(10-13-6-7-17(21)25-13)19-15(9-11)18(20(23)24)14-4-2-3-5-16(14)22-19/h2-7,10-11H,8-9H2,1H3,(H,23,24). The predicted octanol–water partition coefficient (Wildman–Crippen LogP) is 5.88. The molecule has 0 fully saturated rings. The highest BCUT2D eigenvalue weighted by Crippen LogP contribution is 2.39. The van der Waals surface area contributed by atoms with Gasteiger partial charge >= 0.3 is 5.97 Å². The summed E-state index contributed by atoms with van der Waals surface area (Å²) in [5, 5.41) is 10.6. The number of rotatable bonds is 2. The Hall–Kier alpha value is -1.98. The van der Waals surface area contributed by atoms with Crippen LogP contribution in [0.4, 0.5) is 0 Å². The lowest BCUT2D eigenvalue weighted by Crippen LogP contribution is -2.17. The lowest BCUT2D eigenvalue weighted by atomic mass is 9.81. The summed E-state index contributed by atoms with van der Waals surface area (Å²) in [7, 11) is 0. The maximum absolute atomic E-state index is 12.0. The minimum Gasteiger partial charge on any atom is -0.478 e. The van der Waals surface area contributed by atoms with Crippen LogP contribution in [-0.2, 0) is 6.42 Å². The van der Waals surface area contributed by atoms with E-state index in [4.69, 9.17) is 4.98 Å². The fourth-order valence-electron chi connectivity index (χ4n) is 3.56. The van der Waals surface area contributed by atoms with Crippen LogP contribution >= 0.6 is 27.3 Å². The number of allylic oxidation sites excluding steroid dienone is 1.